The normalized spacial score (nSPS) is 11.3. The van der Waals surface area contributed by atoms with Gasteiger partial charge in [-0.25, -0.2) is 4.79 Å². The van der Waals surface area contributed by atoms with Gasteiger partial charge in [0.25, 0.3) is 0 Å². The zero-order valence-electron chi connectivity index (χ0n) is 19.8. The Balaban J connectivity index is 1.64. The van der Waals surface area contributed by atoms with Crippen LogP contribution in [0.2, 0.25) is 0 Å². The van der Waals surface area contributed by atoms with Gasteiger partial charge in [0.2, 0.25) is 0 Å². The molecule has 1 N–H and O–H groups in total. The van der Waals surface area contributed by atoms with Crippen molar-refractivity contribution in [1.82, 2.24) is 9.97 Å². The first-order valence-electron chi connectivity index (χ1n) is 11.4. The van der Waals surface area contributed by atoms with Crippen molar-refractivity contribution >= 4 is 39.0 Å². The molecule has 0 aliphatic heterocycles. The number of ether oxygens (including phenoxy) is 3. The zero-order valence-corrected chi connectivity index (χ0v) is 20.6. The van der Waals surface area contributed by atoms with Crippen LogP contribution in [-0.4, -0.2) is 28.2 Å². The second-order valence-electron chi connectivity index (χ2n) is 7.96. The lowest BCUT2D eigenvalue weighted by Crippen LogP contribution is -1.99. The molecular formula is C29H22N2O5S. The second-order valence-corrected chi connectivity index (χ2v) is 9.04. The molecule has 0 radical (unpaired) electrons. The Hall–Kier alpha value is -4.69. The van der Waals surface area contributed by atoms with E-state index < -0.39 is 5.97 Å². The minimum Gasteiger partial charge on any atom is -0.493 e. The third-order valence-corrected chi connectivity index (χ3v) is 6.62. The van der Waals surface area contributed by atoms with E-state index in [1.165, 1.54) is 11.3 Å². The van der Waals surface area contributed by atoms with Gasteiger partial charge in [-0.1, -0.05) is 30.3 Å². The number of benzene rings is 2. The molecule has 37 heavy (non-hydrogen) atoms. The van der Waals surface area contributed by atoms with Crippen molar-refractivity contribution in [1.29, 1.82) is 0 Å². The Morgan fingerprint density at radius 3 is 2.49 bits per heavy atom. The molecule has 0 saturated carbocycles. The lowest BCUT2D eigenvalue weighted by atomic mass is 10.1. The highest BCUT2D eigenvalue weighted by molar-refractivity contribution is 7.20. The molecule has 0 amide bonds. The summed E-state index contributed by atoms with van der Waals surface area (Å²) in [5.41, 5.74) is 1.68. The highest BCUT2D eigenvalue weighted by atomic mass is 32.1. The molecule has 0 aliphatic carbocycles. The molecule has 0 bridgehead atoms. The van der Waals surface area contributed by atoms with Crippen molar-refractivity contribution in [3.63, 3.8) is 0 Å². The Kier molecular flexibility index (Phi) is 7.09. The molecule has 0 unspecified atom stereocenters. The van der Waals surface area contributed by atoms with Crippen LogP contribution in [0.4, 0.5) is 0 Å². The van der Waals surface area contributed by atoms with Crippen LogP contribution < -0.4 is 14.2 Å². The van der Waals surface area contributed by atoms with E-state index in [0.29, 0.717) is 40.0 Å². The fraction of sp³-hybridized carbons (Fsp3) is 0.0690. The third-order valence-electron chi connectivity index (χ3n) is 5.54. The smallest absolute Gasteiger partial charge is 0.336 e. The van der Waals surface area contributed by atoms with Crippen molar-refractivity contribution in [3.8, 4) is 23.0 Å². The van der Waals surface area contributed by atoms with E-state index in [9.17, 15) is 9.90 Å². The summed E-state index contributed by atoms with van der Waals surface area (Å²) in [4.78, 5) is 21.0. The predicted octanol–water partition coefficient (Wildman–Crippen LogP) is 6.70. The van der Waals surface area contributed by atoms with Crippen molar-refractivity contribution < 1.29 is 24.1 Å². The Morgan fingerprint density at radius 2 is 1.78 bits per heavy atom. The molecule has 0 spiro atoms. The van der Waals surface area contributed by atoms with Gasteiger partial charge < -0.3 is 19.3 Å². The van der Waals surface area contributed by atoms with Crippen LogP contribution in [0.5, 0.6) is 23.0 Å². The standard InChI is InChI=1S/C29H22N2O5S/c1-34-24-16-26-23(14-25(24)35-18-19-6-3-2-4-7-19)28(36-21-8-5-11-31-17-21)27(37-26)15-22(29(32)33)20-9-12-30-13-10-20/h2-17H,18H2,1H3,(H,32,33)/b22-15+. The molecule has 5 rings (SSSR count). The number of carboxylic acids is 1. The number of carboxylic acid groups (broad SMARTS) is 1. The van der Waals surface area contributed by atoms with Crippen LogP contribution in [0.15, 0.2) is 91.5 Å². The minimum atomic E-state index is -1.06. The summed E-state index contributed by atoms with van der Waals surface area (Å²) in [5, 5.41) is 10.7. The summed E-state index contributed by atoms with van der Waals surface area (Å²) >= 11 is 1.40. The van der Waals surface area contributed by atoms with E-state index in [0.717, 1.165) is 15.6 Å². The van der Waals surface area contributed by atoms with Gasteiger partial charge in [0.15, 0.2) is 17.2 Å². The van der Waals surface area contributed by atoms with E-state index >= 15 is 0 Å². The number of pyridine rings is 2. The average Bonchev–Trinajstić information content (AvgIpc) is 3.27. The van der Waals surface area contributed by atoms with Crippen LogP contribution in [0, 0.1) is 0 Å². The molecule has 0 aliphatic rings. The maximum atomic E-state index is 12.2. The Labute approximate surface area is 217 Å². The lowest BCUT2D eigenvalue weighted by Gasteiger charge is -2.12. The Bertz CT molecular complexity index is 1550. The van der Waals surface area contributed by atoms with E-state index in [-0.39, 0.29) is 5.57 Å². The maximum Gasteiger partial charge on any atom is 0.336 e. The average molecular weight is 511 g/mol. The van der Waals surface area contributed by atoms with Gasteiger partial charge in [0, 0.05) is 34.7 Å². The first kappa shape index (κ1) is 24.0. The van der Waals surface area contributed by atoms with Crippen LogP contribution in [0.1, 0.15) is 16.0 Å². The van der Waals surface area contributed by atoms with E-state index in [4.69, 9.17) is 14.2 Å². The van der Waals surface area contributed by atoms with Gasteiger partial charge in [0.1, 0.15) is 12.4 Å². The molecule has 2 aromatic carbocycles. The van der Waals surface area contributed by atoms with Gasteiger partial charge in [-0.15, -0.1) is 11.3 Å². The van der Waals surface area contributed by atoms with Crippen LogP contribution >= 0.6 is 11.3 Å². The molecule has 0 saturated heterocycles. The van der Waals surface area contributed by atoms with Gasteiger partial charge >= 0.3 is 5.97 Å². The summed E-state index contributed by atoms with van der Waals surface area (Å²) in [6, 6.07) is 20.5. The molecule has 0 fully saturated rings. The number of hydrogen-bond acceptors (Lipinski definition) is 7. The first-order valence-corrected chi connectivity index (χ1v) is 12.2. The van der Waals surface area contributed by atoms with Gasteiger partial charge in [-0.05, 0) is 47.5 Å². The van der Waals surface area contributed by atoms with E-state index in [1.807, 2.05) is 42.5 Å². The summed E-state index contributed by atoms with van der Waals surface area (Å²) in [5.74, 6) is 1.10. The Morgan fingerprint density at radius 1 is 0.973 bits per heavy atom. The molecule has 7 nitrogen and oxygen atoms in total. The number of fused-ring (bicyclic) bond motifs is 1. The molecular weight excluding hydrogens is 488 g/mol. The molecule has 3 aromatic heterocycles. The minimum absolute atomic E-state index is 0.123. The number of carbonyl (C=O) groups is 1. The second kappa shape index (κ2) is 10.9. The lowest BCUT2D eigenvalue weighted by molar-refractivity contribution is -0.130. The SMILES string of the molecule is COc1cc2sc(/C=C(/C(=O)O)c3ccncc3)c(Oc3cccnc3)c2cc1OCc1ccccc1. The predicted molar refractivity (Wildman–Crippen MR) is 143 cm³/mol. The number of thiophene rings is 1. The number of rotatable bonds is 9. The first-order chi connectivity index (χ1) is 18.1. The summed E-state index contributed by atoms with van der Waals surface area (Å²) < 4.78 is 18.9. The van der Waals surface area contributed by atoms with E-state index in [1.54, 1.807) is 62.2 Å². The summed E-state index contributed by atoms with van der Waals surface area (Å²) in [6.07, 6.45) is 8.00. The molecule has 5 aromatic rings. The van der Waals surface area contributed by atoms with Crippen LogP contribution in [0.25, 0.3) is 21.7 Å². The molecule has 184 valence electrons. The van der Waals surface area contributed by atoms with Gasteiger partial charge in [-0.3, -0.25) is 9.97 Å². The van der Waals surface area contributed by atoms with Gasteiger partial charge in [-0.2, -0.15) is 0 Å². The fourth-order valence-electron chi connectivity index (χ4n) is 3.77. The number of methoxy groups -OCH3 is 1. The van der Waals surface area contributed by atoms with Crippen LogP contribution in [-0.2, 0) is 11.4 Å². The monoisotopic (exact) mass is 510 g/mol. The quantitative estimate of drug-likeness (QED) is 0.221. The fourth-order valence-corrected chi connectivity index (χ4v) is 4.85. The van der Waals surface area contributed by atoms with Crippen molar-refractivity contribution in [3.05, 3.63) is 108 Å². The van der Waals surface area contributed by atoms with Crippen LogP contribution in [0.3, 0.4) is 0 Å². The highest BCUT2D eigenvalue weighted by Gasteiger charge is 2.20. The molecule has 8 heteroatoms. The molecule has 3 heterocycles. The summed E-state index contributed by atoms with van der Waals surface area (Å²) in [7, 11) is 1.59. The number of hydrogen-bond donors (Lipinski definition) is 1. The largest absolute Gasteiger partial charge is 0.493 e. The number of aliphatic carboxylic acids is 1. The van der Waals surface area contributed by atoms with Gasteiger partial charge in [0.05, 0.1) is 23.8 Å². The van der Waals surface area contributed by atoms with E-state index in [2.05, 4.69) is 9.97 Å². The third kappa shape index (κ3) is 5.44. The number of aromatic nitrogens is 2. The zero-order chi connectivity index (χ0) is 25.6. The topological polar surface area (TPSA) is 90.8 Å². The number of nitrogens with zero attached hydrogens (tertiary/aromatic N) is 2. The maximum absolute atomic E-state index is 12.2. The van der Waals surface area contributed by atoms with Crippen molar-refractivity contribution in [2.45, 2.75) is 6.61 Å². The van der Waals surface area contributed by atoms with Crippen molar-refractivity contribution in [2.24, 2.45) is 0 Å². The highest BCUT2D eigenvalue weighted by Crippen LogP contribution is 2.46. The summed E-state index contributed by atoms with van der Waals surface area (Å²) in [6.45, 7) is 0.365. The molecule has 0 atom stereocenters. The van der Waals surface area contributed by atoms with Crippen molar-refractivity contribution in [2.75, 3.05) is 7.11 Å².